The summed E-state index contributed by atoms with van der Waals surface area (Å²) in [4.78, 5) is 35.6. The van der Waals surface area contributed by atoms with Crippen LogP contribution >= 0.6 is 0 Å². The lowest BCUT2D eigenvalue weighted by atomic mass is 9.96. The van der Waals surface area contributed by atoms with Gasteiger partial charge in [-0.25, -0.2) is 0 Å². The second-order valence-corrected chi connectivity index (χ2v) is 10.1. The van der Waals surface area contributed by atoms with Gasteiger partial charge < -0.3 is 14.8 Å². The zero-order valence-corrected chi connectivity index (χ0v) is 22.8. The van der Waals surface area contributed by atoms with Crippen molar-refractivity contribution in [2.24, 2.45) is 5.92 Å². The van der Waals surface area contributed by atoms with Crippen LogP contribution in [0.15, 0.2) is 66.7 Å². The molecule has 0 fully saturated rings. The van der Waals surface area contributed by atoms with Gasteiger partial charge in [-0.05, 0) is 70.8 Å². The Morgan fingerprint density at radius 1 is 0.895 bits per heavy atom. The van der Waals surface area contributed by atoms with Crippen molar-refractivity contribution in [3.63, 3.8) is 0 Å². The lowest BCUT2D eigenvalue weighted by molar-refractivity contribution is -0.140. The molecule has 6 nitrogen and oxygen atoms in total. The Labute approximate surface area is 225 Å². The number of methoxy groups -OCH3 is 1. The quantitative estimate of drug-likeness (QED) is 0.213. The van der Waals surface area contributed by atoms with Crippen LogP contribution in [0.5, 0.6) is 5.75 Å². The number of benzene rings is 3. The Morgan fingerprint density at radius 3 is 2.13 bits per heavy atom. The number of aldehydes is 1. The molecular formula is C32H37NO5. The van der Waals surface area contributed by atoms with Crippen LogP contribution in [0.25, 0.3) is 11.1 Å². The summed E-state index contributed by atoms with van der Waals surface area (Å²) in [6.07, 6.45) is 1.50. The highest BCUT2D eigenvalue weighted by atomic mass is 16.5. The van der Waals surface area contributed by atoms with E-state index in [0.717, 1.165) is 29.4 Å². The fourth-order valence-electron chi connectivity index (χ4n) is 4.20. The van der Waals surface area contributed by atoms with Crippen molar-refractivity contribution in [3.8, 4) is 16.9 Å². The molecular weight excluding hydrogens is 478 g/mol. The average Bonchev–Trinajstić information content (AvgIpc) is 2.92. The molecule has 0 spiro atoms. The molecule has 1 atom stereocenters. The Kier molecular flexibility index (Phi) is 10.2. The van der Waals surface area contributed by atoms with Crippen LogP contribution in [0.1, 0.15) is 84.4 Å². The third kappa shape index (κ3) is 7.78. The van der Waals surface area contributed by atoms with E-state index in [0.29, 0.717) is 28.7 Å². The topological polar surface area (TPSA) is 81.7 Å². The van der Waals surface area contributed by atoms with E-state index >= 15 is 0 Å². The maximum absolute atomic E-state index is 12.4. The van der Waals surface area contributed by atoms with E-state index in [4.69, 9.17) is 4.74 Å². The number of amides is 1. The van der Waals surface area contributed by atoms with Crippen molar-refractivity contribution in [2.75, 3.05) is 13.7 Å². The molecule has 3 aromatic rings. The molecule has 0 aromatic heterocycles. The molecule has 1 N–H and O–H groups in total. The van der Waals surface area contributed by atoms with Crippen molar-refractivity contribution < 1.29 is 23.9 Å². The molecule has 1 amide bonds. The SMILES string of the molecule is COC(=O)CCNC(=O)c1ccc(C(CC(C)C)Oc2ccc(-c3ccc(C(C)C)cc3)c(C=O)c2)cc1. The Bertz CT molecular complexity index is 1230. The van der Waals surface area contributed by atoms with Gasteiger partial charge in [0.25, 0.3) is 5.91 Å². The van der Waals surface area contributed by atoms with Gasteiger partial charge in [-0.2, -0.15) is 0 Å². The molecule has 0 bridgehead atoms. The maximum Gasteiger partial charge on any atom is 0.307 e. The highest BCUT2D eigenvalue weighted by Crippen LogP contribution is 2.32. The van der Waals surface area contributed by atoms with Crippen LogP contribution in [-0.4, -0.2) is 31.8 Å². The standard InChI is InChI=1S/C32H37NO5/c1-21(2)18-30(25-10-12-26(13-11-25)32(36)33-17-16-31(35)37-5)38-28-14-15-29(27(19-28)20-34)24-8-6-23(7-9-24)22(3)4/h6-15,19-22,30H,16-18H2,1-5H3,(H,33,36). The van der Waals surface area contributed by atoms with Gasteiger partial charge in [0.1, 0.15) is 11.9 Å². The van der Waals surface area contributed by atoms with E-state index in [-0.39, 0.29) is 30.9 Å². The summed E-state index contributed by atoms with van der Waals surface area (Å²) >= 11 is 0. The van der Waals surface area contributed by atoms with Gasteiger partial charge in [0, 0.05) is 17.7 Å². The van der Waals surface area contributed by atoms with E-state index in [1.165, 1.54) is 12.7 Å². The van der Waals surface area contributed by atoms with Crippen LogP contribution in [0.2, 0.25) is 0 Å². The van der Waals surface area contributed by atoms with E-state index in [9.17, 15) is 14.4 Å². The van der Waals surface area contributed by atoms with Gasteiger partial charge in [0.2, 0.25) is 0 Å². The lowest BCUT2D eigenvalue weighted by Gasteiger charge is -2.22. The number of carbonyl (C=O) groups excluding carboxylic acids is 3. The summed E-state index contributed by atoms with van der Waals surface area (Å²) in [7, 11) is 1.32. The predicted octanol–water partition coefficient (Wildman–Crippen LogP) is 6.75. The number of nitrogens with one attached hydrogen (secondary N) is 1. The van der Waals surface area contributed by atoms with Gasteiger partial charge in [-0.1, -0.05) is 64.1 Å². The van der Waals surface area contributed by atoms with Crippen molar-refractivity contribution in [3.05, 3.63) is 89.0 Å². The van der Waals surface area contributed by atoms with Crippen LogP contribution in [0, 0.1) is 5.92 Å². The zero-order chi connectivity index (χ0) is 27.7. The first-order valence-corrected chi connectivity index (χ1v) is 13.0. The van der Waals surface area contributed by atoms with Crippen molar-refractivity contribution in [2.45, 2.75) is 52.6 Å². The highest BCUT2D eigenvalue weighted by molar-refractivity contribution is 5.94. The molecule has 3 rings (SSSR count). The third-order valence-electron chi connectivity index (χ3n) is 6.39. The molecule has 3 aromatic carbocycles. The Hall–Kier alpha value is -3.93. The number of carbonyl (C=O) groups is 3. The summed E-state index contributed by atoms with van der Waals surface area (Å²) in [5.41, 5.74) is 5.11. The number of ether oxygens (including phenoxy) is 2. The predicted molar refractivity (Wildman–Crippen MR) is 150 cm³/mol. The van der Waals surface area contributed by atoms with Gasteiger partial charge in [-0.15, -0.1) is 0 Å². The fourth-order valence-corrected chi connectivity index (χ4v) is 4.20. The molecule has 6 heteroatoms. The van der Waals surface area contributed by atoms with Crippen LogP contribution in [0.4, 0.5) is 0 Å². The number of hydrogen-bond donors (Lipinski definition) is 1. The number of hydrogen-bond acceptors (Lipinski definition) is 5. The molecule has 1 unspecified atom stereocenters. The molecule has 0 saturated carbocycles. The number of rotatable bonds is 12. The van der Waals surface area contributed by atoms with Gasteiger partial charge >= 0.3 is 5.97 Å². The summed E-state index contributed by atoms with van der Waals surface area (Å²) in [5, 5.41) is 2.72. The van der Waals surface area contributed by atoms with Crippen LogP contribution in [-0.2, 0) is 9.53 Å². The minimum Gasteiger partial charge on any atom is -0.486 e. The van der Waals surface area contributed by atoms with Crippen molar-refractivity contribution in [1.82, 2.24) is 5.32 Å². The van der Waals surface area contributed by atoms with Crippen LogP contribution < -0.4 is 10.1 Å². The van der Waals surface area contributed by atoms with Gasteiger partial charge in [0.15, 0.2) is 6.29 Å². The molecule has 0 radical (unpaired) electrons. The second-order valence-electron chi connectivity index (χ2n) is 10.1. The molecule has 38 heavy (non-hydrogen) atoms. The first-order chi connectivity index (χ1) is 18.2. The lowest BCUT2D eigenvalue weighted by Crippen LogP contribution is -2.26. The summed E-state index contributed by atoms with van der Waals surface area (Å²) in [5.74, 6) is 0.798. The van der Waals surface area contributed by atoms with E-state index in [2.05, 4.69) is 49.9 Å². The van der Waals surface area contributed by atoms with Crippen LogP contribution in [0.3, 0.4) is 0 Å². The largest absolute Gasteiger partial charge is 0.486 e. The van der Waals surface area contributed by atoms with Crippen molar-refractivity contribution in [1.29, 1.82) is 0 Å². The summed E-state index contributed by atoms with van der Waals surface area (Å²) in [6.45, 7) is 8.77. The fraction of sp³-hybridized carbons (Fsp3) is 0.344. The first-order valence-electron chi connectivity index (χ1n) is 13.0. The zero-order valence-electron chi connectivity index (χ0n) is 22.8. The monoisotopic (exact) mass is 515 g/mol. The van der Waals surface area contributed by atoms with Gasteiger partial charge in [-0.3, -0.25) is 14.4 Å². The molecule has 0 aliphatic carbocycles. The second kappa shape index (κ2) is 13.6. The molecule has 0 saturated heterocycles. The average molecular weight is 516 g/mol. The van der Waals surface area contributed by atoms with Gasteiger partial charge in [0.05, 0.1) is 13.5 Å². The minimum atomic E-state index is -0.371. The molecule has 0 aliphatic heterocycles. The third-order valence-corrected chi connectivity index (χ3v) is 6.39. The maximum atomic E-state index is 12.4. The smallest absolute Gasteiger partial charge is 0.307 e. The van der Waals surface area contributed by atoms with E-state index in [1.54, 1.807) is 18.2 Å². The Balaban J connectivity index is 1.76. The number of esters is 1. The highest BCUT2D eigenvalue weighted by Gasteiger charge is 2.18. The van der Waals surface area contributed by atoms with Crippen molar-refractivity contribution >= 4 is 18.2 Å². The Morgan fingerprint density at radius 2 is 1.55 bits per heavy atom. The van der Waals surface area contributed by atoms with E-state index < -0.39 is 0 Å². The summed E-state index contributed by atoms with van der Waals surface area (Å²) < 4.78 is 11.0. The molecule has 0 heterocycles. The molecule has 0 aliphatic rings. The normalized spacial score (nSPS) is 11.8. The molecule has 200 valence electrons. The summed E-state index contributed by atoms with van der Waals surface area (Å²) in [6, 6.07) is 21.2. The first kappa shape index (κ1) is 28.6. The van der Waals surface area contributed by atoms with E-state index in [1.807, 2.05) is 36.4 Å². The minimum absolute atomic E-state index is 0.120.